The Labute approximate surface area is 125 Å². The van der Waals surface area contributed by atoms with E-state index in [1.54, 1.807) is 18.4 Å². The summed E-state index contributed by atoms with van der Waals surface area (Å²) in [5, 5.41) is 17.8. The molecule has 1 unspecified atom stereocenters. The van der Waals surface area contributed by atoms with Gasteiger partial charge in [-0.25, -0.2) is 15.0 Å². The van der Waals surface area contributed by atoms with Crippen molar-refractivity contribution < 1.29 is 4.92 Å². The quantitative estimate of drug-likeness (QED) is 0.624. The lowest BCUT2D eigenvalue weighted by atomic mass is 10.3. The number of nitro groups is 1. The Balaban J connectivity index is 2.28. The minimum atomic E-state index is -0.500. The molecule has 1 atom stereocenters. The highest BCUT2D eigenvalue weighted by molar-refractivity contribution is 7.11. The van der Waals surface area contributed by atoms with Crippen LogP contribution >= 0.6 is 11.3 Å². The van der Waals surface area contributed by atoms with Crippen LogP contribution in [-0.4, -0.2) is 26.9 Å². The number of nitrogens with one attached hydrogen (secondary N) is 2. The van der Waals surface area contributed by atoms with Gasteiger partial charge in [0.25, 0.3) is 0 Å². The maximum atomic E-state index is 11.2. The molecule has 112 valence electrons. The third-order valence-corrected chi connectivity index (χ3v) is 4.21. The smallest absolute Gasteiger partial charge is 0.353 e. The predicted molar refractivity (Wildman–Crippen MR) is 81.8 cm³/mol. The van der Waals surface area contributed by atoms with Gasteiger partial charge in [0, 0.05) is 18.1 Å². The lowest BCUT2D eigenvalue weighted by molar-refractivity contribution is -0.383. The number of aryl methyl sites for hydroxylation is 1. The Bertz CT molecular complexity index is 644. The van der Waals surface area contributed by atoms with Gasteiger partial charge in [0.1, 0.15) is 11.3 Å². The molecule has 8 nitrogen and oxygen atoms in total. The molecular formula is C12H16N6O2S. The summed E-state index contributed by atoms with van der Waals surface area (Å²) in [7, 11) is 1.58. The standard InChI is InChI=1S/C12H16N6O2S/c1-4-8-5-14-12(21-8)7(2)17-11-9(18(19)20)10(13-3)15-6-16-11/h5-7H,4H2,1-3H3,(H2,13,15,16,17). The van der Waals surface area contributed by atoms with Crippen LogP contribution in [0, 0.1) is 10.1 Å². The number of hydrogen-bond acceptors (Lipinski definition) is 8. The van der Waals surface area contributed by atoms with E-state index in [-0.39, 0.29) is 23.4 Å². The largest absolute Gasteiger partial charge is 0.367 e. The molecule has 0 aliphatic carbocycles. The lowest BCUT2D eigenvalue weighted by Crippen LogP contribution is -2.11. The second-order valence-corrected chi connectivity index (χ2v) is 5.46. The van der Waals surface area contributed by atoms with E-state index in [0.29, 0.717) is 0 Å². The molecule has 0 saturated heterocycles. The van der Waals surface area contributed by atoms with Crippen molar-refractivity contribution in [3.8, 4) is 0 Å². The summed E-state index contributed by atoms with van der Waals surface area (Å²) < 4.78 is 0. The van der Waals surface area contributed by atoms with Gasteiger partial charge < -0.3 is 10.6 Å². The fraction of sp³-hybridized carbons (Fsp3) is 0.417. The van der Waals surface area contributed by atoms with Crippen molar-refractivity contribution in [3.05, 3.63) is 32.5 Å². The molecule has 0 radical (unpaired) electrons. The predicted octanol–water partition coefficient (Wildman–Crippen LogP) is 2.62. The number of hydrogen-bond donors (Lipinski definition) is 2. The van der Waals surface area contributed by atoms with Crippen LogP contribution in [0.2, 0.25) is 0 Å². The van der Waals surface area contributed by atoms with E-state index < -0.39 is 4.92 Å². The number of rotatable bonds is 6. The van der Waals surface area contributed by atoms with Gasteiger partial charge in [-0.3, -0.25) is 10.1 Å². The van der Waals surface area contributed by atoms with E-state index >= 15 is 0 Å². The number of aromatic nitrogens is 3. The highest BCUT2D eigenvalue weighted by Gasteiger charge is 2.24. The first-order chi connectivity index (χ1) is 10.1. The van der Waals surface area contributed by atoms with Crippen molar-refractivity contribution in [1.29, 1.82) is 0 Å². The van der Waals surface area contributed by atoms with Gasteiger partial charge in [-0.05, 0) is 13.3 Å². The zero-order valence-electron chi connectivity index (χ0n) is 12.0. The van der Waals surface area contributed by atoms with Gasteiger partial charge in [-0.2, -0.15) is 0 Å². The summed E-state index contributed by atoms with van der Waals surface area (Å²) in [4.78, 5) is 24.0. The Hall–Kier alpha value is -2.29. The zero-order chi connectivity index (χ0) is 15.4. The summed E-state index contributed by atoms with van der Waals surface area (Å²) in [6.07, 6.45) is 4.03. The fourth-order valence-corrected chi connectivity index (χ4v) is 2.65. The van der Waals surface area contributed by atoms with Gasteiger partial charge in [0.2, 0.25) is 11.6 Å². The second-order valence-electron chi connectivity index (χ2n) is 4.31. The maximum Gasteiger partial charge on any atom is 0.353 e. The van der Waals surface area contributed by atoms with Crippen molar-refractivity contribution in [3.63, 3.8) is 0 Å². The summed E-state index contributed by atoms with van der Waals surface area (Å²) in [6, 6.07) is -0.173. The van der Waals surface area contributed by atoms with Crippen LogP contribution in [0.15, 0.2) is 12.5 Å². The fourth-order valence-electron chi connectivity index (χ4n) is 1.79. The highest BCUT2D eigenvalue weighted by Crippen LogP contribution is 2.31. The molecule has 0 aliphatic heterocycles. The number of nitrogens with zero attached hydrogens (tertiary/aromatic N) is 4. The molecule has 0 bridgehead atoms. The third kappa shape index (κ3) is 3.24. The van der Waals surface area contributed by atoms with Crippen LogP contribution in [0.5, 0.6) is 0 Å². The van der Waals surface area contributed by atoms with Gasteiger partial charge in [0.05, 0.1) is 11.0 Å². The molecule has 2 N–H and O–H groups in total. The van der Waals surface area contributed by atoms with Crippen molar-refractivity contribution in [2.75, 3.05) is 17.7 Å². The average Bonchev–Trinajstić information content (AvgIpc) is 2.95. The molecule has 2 heterocycles. The van der Waals surface area contributed by atoms with Crippen LogP contribution in [0.4, 0.5) is 17.3 Å². The average molecular weight is 308 g/mol. The molecule has 0 aliphatic rings. The Morgan fingerprint density at radius 3 is 2.67 bits per heavy atom. The van der Waals surface area contributed by atoms with Gasteiger partial charge in [-0.15, -0.1) is 11.3 Å². The van der Waals surface area contributed by atoms with Crippen molar-refractivity contribution in [1.82, 2.24) is 15.0 Å². The first kappa shape index (κ1) is 15.1. The van der Waals surface area contributed by atoms with Crippen LogP contribution < -0.4 is 10.6 Å². The number of thiazole rings is 1. The van der Waals surface area contributed by atoms with Crippen LogP contribution in [0.1, 0.15) is 29.8 Å². The van der Waals surface area contributed by atoms with Crippen molar-refractivity contribution in [2.24, 2.45) is 0 Å². The summed E-state index contributed by atoms with van der Waals surface area (Å²) in [5.41, 5.74) is -0.167. The Morgan fingerprint density at radius 2 is 2.10 bits per heavy atom. The summed E-state index contributed by atoms with van der Waals surface area (Å²) >= 11 is 1.58. The van der Waals surface area contributed by atoms with Crippen molar-refractivity contribution in [2.45, 2.75) is 26.3 Å². The first-order valence-electron chi connectivity index (χ1n) is 6.45. The first-order valence-corrected chi connectivity index (χ1v) is 7.26. The topological polar surface area (TPSA) is 106 Å². The molecular weight excluding hydrogens is 292 g/mol. The van der Waals surface area contributed by atoms with E-state index in [4.69, 9.17) is 0 Å². The van der Waals surface area contributed by atoms with E-state index in [1.165, 1.54) is 11.2 Å². The van der Waals surface area contributed by atoms with Crippen LogP contribution in [0.3, 0.4) is 0 Å². The molecule has 0 amide bonds. The van der Waals surface area contributed by atoms with E-state index in [1.807, 2.05) is 13.1 Å². The Kier molecular flexibility index (Phi) is 4.63. The third-order valence-electron chi connectivity index (χ3n) is 2.89. The van der Waals surface area contributed by atoms with Crippen LogP contribution in [0.25, 0.3) is 0 Å². The van der Waals surface area contributed by atoms with E-state index in [9.17, 15) is 10.1 Å². The van der Waals surface area contributed by atoms with E-state index in [0.717, 1.165) is 11.4 Å². The SMILES string of the molecule is CCc1cnc(C(C)Nc2ncnc(NC)c2[N+](=O)[O-])s1. The molecule has 9 heteroatoms. The molecule has 0 aromatic carbocycles. The molecule has 2 aromatic heterocycles. The zero-order valence-corrected chi connectivity index (χ0v) is 12.8. The molecule has 0 spiro atoms. The summed E-state index contributed by atoms with van der Waals surface area (Å²) in [6.45, 7) is 3.95. The van der Waals surface area contributed by atoms with Gasteiger partial charge in [0.15, 0.2) is 0 Å². The number of anilines is 2. The molecule has 2 aromatic rings. The molecule has 0 fully saturated rings. The second kappa shape index (κ2) is 6.44. The monoisotopic (exact) mass is 308 g/mol. The summed E-state index contributed by atoms with van der Waals surface area (Å²) in [5.74, 6) is 0.359. The van der Waals surface area contributed by atoms with Crippen LogP contribution in [-0.2, 0) is 6.42 Å². The normalized spacial score (nSPS) is 12.0. The molecule has 2 rings (SSSR count). The van der Waals surface area contributed by atoms with Crippen molar-refractivity contribution >= 4 is 28.7 Å². The minimum Gasteiger partial charge on any atom is -0.367 e. The molecule has 21 heavy (non-hydrogen) atoms. The maximum absolute atomic E-state index is 11.2. The van der Waals surface area contributed by atoms with Gasteiger partial charge in [-0.1, -0.05) is 6.92 Å². The molecule has 0 saturated carbocycles. The Morgan fingerprint density at radius 1 is 1.38 bits per heavy atom. The van der Waals surface area contributed by atoms with Gasteiger partial charge >= 0.3 is 5.69 Å². The highest BCUT2D eigenvalue weighted by atomic mass is 32.1. The lowest BCUT2D eigenvalue weighted by Gasteiger charge is -2.12. The van der Waals surface area contributed by atoms with E-state index in [2.05, 4.69) is 32.5 Å². The minimum absolute atomic E-state index is 0.167.